The third-order valence-corrected chi connectivity index (χ3v) is 16.6. The van der Waals surface area contributed by atoms with E-state index in [9.17, 15) is 0 Å². The van der Waals surface area contributed by atoms with Crippen molar-refractivity contribution in [2.75, 3.05) is 4.90 Å². The van der Waals surface area contributed by atoms with Crippen molar-refractivity contribution in [2.45, 2.75) is 24.7 Å². The van der Waals surface area contributed by atoms with Gasteiger partial charge in [0.25, 0.3) is 0 Å². The quantitative estimate of drug-likeness (QED) is 0.155. The van der Waals surface area contributed by atoms with E-state index in [4.69, 9.17) is 6.58 Å². The van der Waals surface area contributed by atoms with Crippen molar-refractivity contribution in [3.8, 4) is 44.8 Å². The second-order valence-electron chi connectivity index (χ2n) is 20.7. The second kappa shape index (κ2) is 18.0. The zero-order valence-electron chi connectivity index (χ0n) is 42.7. The Kier molecular flexibility index (Phi) is 10.5. The molecular weight excluding hydrogens is 931 g/mol. The average molecular weight is 984 g/mol. The van der Waals surface area contributed by atoms with Crippen LogP contribution in [-0.4, -0.2) is 9.13 Å². The number of hydrogen-bond donors (Lipinski definition) is 0. The molecule has 77 heavy (non-hydrogen) atoms. The van der Waals surface area contributed by atoms with E-state index in [0.717, 1.165) is 47.6 Å². The van der Waals surface area contributed by atoms with Gasteiger partial charge in [0.2, 0.25) is 0 Å². The predicted octanol–water partition coefficient (Wildman–Crippen LogP) is 19.4. The maximum absolute atomic E-state index is 4.96. The van der Waals surface area contributed by atoms with Gasteiger partial charge in [-0.05, 0) is 153 Å². The molecule has 15 rings (SSSR count). The maximum atomic E-state index is 4.96. The third kappa shape index (κ3) is 6.97. The highest BCUT2D eigenvalue weighted by molar-refractivity contribution is 6.16. The SMILES string of the molecule is C=C1/C=C\C=C(\N(c2ccc(-c3ccc4c5ccccc5n(-c5ccccc5)c4c3)cc2)c2ccc(-c3cccc4c3c3ccccc3n4-c3ccccc3)cc2)CC2=CCCC=C2C12c1ccccc1-c1ccccc12. The molecule has 0 saturated heterocycles. The van der Waals surface area contributed by atoms with Crippen LogP contribution in [0.25, 0.3) is 88.4 Å². The Balaban J connectivity index is 0.867. The molecule has 3 aliphatic carbocycles. The number of aromatic nitrogens is 2. The Morgan fingerprint density at radius 1 is 0.416 bits per heavy atom. The minimum atomic E-state index is -0.509. The molecular formula is C74H53N3. The number of allylic oxidation sites excluding steroid dienone is 8. The van der Waals surface area contributed by atoms with Crippen molar-refractivity contribution < 1.29 is 0 Å². The molecule has 0 aliphatic heterocycles. The predicted molar refractivity (Wildman–Crippen MR) is 324 cm³/mol. The topological polar surface area (TPSA) is 13.1 Å². The van der Waals surface area contributed by atoms with E-state index in [1.165, 1.54) is 105 Å². The van der Waals surface area contributed by atoms with E-state index in [-0.39, 0.29) is 0 Å². The molecule has 0 saturated carbocycles. The van der Waals surface area contributed by atoms with Crippen LogP contribution in [0.4, 0.5) is 11.4 Å². The number of fused-ring (bicyclic) bond motifs is 13. The Morgan fingerprint density at radius 3 is 1.62 bits per heavy atom. The van der Waals surface area contributed by atoms with Crippen molar-refractivity contribution in [1.29, 1.82) is 0 Å². The summed E-state index contributed by atoms with van der Waals surface area (Å²) in [5.41, 5.74) is 23.7. The first-order chi connectivity index (χ1) is 38.1. The third-order valence-electron chi connectivity index (χ3n) is 16.6. The minimum absolute atomic E-state index is 0.509. The normalized spacial score (nSPS) is 15.7. The van der Waals surface area contributed by atoms with Gasteiger partial charge in [-0.2, -0.15) is 0 Å². The van der Waals surface area contributed by atoms with Crippen molar-refractivity contribution in [3.05, 3.63) is 313 Å². The van der Waals surface area contributed by atoms with Crippen LogP contribution in [0.2, 0.25) is 0 Å². The van der Waals surface area contributed by atoms with Gasteiger partial charge >= 0.3 is 0 Å². The van der Waals surface area contributed by atoms with Gasteiger partial charge in [-0.3, -0.25) is 0 Å². The lowest BCUT2D eigenvalue weighted by molar-refractivity contribution is 0.729. The van der Waals surface area contributed by atoms with Crippen molar-refractivity contribution in [2.24, 2.45) is 0 Å². The lowest BCUT2D eigenvalue weighted by atomic mass is 9.63. The molecule has 3 heteroatoms. The summed E-state index contributed by atoms with van der Waals surface area (Å²) in [4.78, 5) is 2.49. The monoisotopic (exact) mass is 983 g/mol. The summed E-state index contributed by atoms with van der Waals surface area (Å²) in [6, 6.07) is 89.2. The molecule has 0 unspecified atom stereocenters. The first-order valence-corrected chi connectivity index (χ1v) is 27.0. The molecule has 0 amide bonds. The van der Waals surface area contributed by atoms with E-state index in [1.807, 2.05) is 0 Å². The highest BCUT2D eigenvalue weighted by Crippen LogP contribution is 2.59. The summed E-state index contributed by atoms with van der Waals surface area (Å²) in [5, 5.41) is 5.00. The Labute approximate surface area is 449 Å². The number of rotatable bonds is 7. The van der Waals surface area contributed by atoms with Crippen molar-refractivity contribution >= 4 is 55.0 Å². The summed E-state index contributed by atoms with van der Waals surface area (Å²) < 4.78 is 4.80. The van der Waals surface area contributed by atoms with Gasteiger partial charge in [0.1, 0.15) is 0 Å². The molecule has 364 valence electrons. The molecule has 0 atom stereocenters. The molecule has 12 aromatic rings. The zero-order chi connectivity index (χ0) is 51.0. The summed E-state index contributed by atoms with van der Waals surface area (Å²) in [6.45, 7) is 4.96. The Morgan fingerprint density at radius 2 is 0.935 bits per heavy atom. The summed E-state index contributed by atoms with van der Waals surface area (Å²) in [7, 11) is 0. The zero-order valence-corrected chi connectivity index (χ0v) is 42.7. The van der Waals surface area contributed by atoms with Gasteiger partial charge in [0, 0.05) is 56.4 Å². The van der Waals surface area contributed by atoms with Crippen molar-refractivity contribution in [1.82, 2.24) is 9.13 Å². The Hall–Kier alpha value is -9.70. The summed E-state index contributed by atoms with van der Waals surface area (Å²) >= 11 is 0. The van der Waals surface area contributed by atoms with Gasteiger partial charge in [0.15, 0.2) is 0 Å². The minimum Gasteiger partial charge on any atom is -0.314 e. The van der Waals surface area contributed by atoms with Crippen LogP contribution in [0.15, 0.2) is 302 Å². The summed E-state index contributed by atoms with van der Waals surface area (Å²) in [6.07, 6.45) is 14.6. The first kappa shape index (κ1) is 44.8. The van der Waals surface area contributed by atoms with Crippen LogP contribution >= 0.6 is 0 Å². The molecule has 2 aromatic heterocycles. The van der Waals surface area contributed by atoms with Crippen molar-refractivity contribution in [3.63, 3.8) is 0 Å². The van der Waals surface area contributed by atoms with E-state index in [2.05, 4.69) is 287 Å². The van der Waals surface area contributed by atoms with Gasteiger partial charge in [-0.15, -0.1) is 0 Å². The molecule has 0 fully saturated rings. The molecule has 0 bridgehead atoms. The maximum Gasteiger partial charge on any atom is 0.0707 e. The van der Waals surface area contributed by atoms with Crippen LogP contribution in [0.3, 0.4) is 0 Å². The highest BCUT2D eigenvalue weighted by Gasteiger charge is 2.48. The number of benzene rings is 10. The van der Waals surface area contributed by atoms with Gasteiger partial charge in [-0.25, -0.2) is 0 Å². The lowest BCUT2D eigenvalue weighted by Gasteiger charge is -2.39. The molecule has 2 heterocycles. The number of para-hydroxylation sites is 4. The smallest absolute Gasteiger partial charge is 0.0707 e. The molecule has 3 aliphatic rings. The van der Waals surface area contributed by atoms with Crippen LogP contribution in [0.5, 0.6) is 0 Å². The van der Waals surface area contributed by atoms with E-state index < -0.39 is 5.41 Å². The standard InChI is InChI=1S/C74H53N3/c1-50-20-18-26-59(48-54-21-8-13-32-66(54)74(50)67-33-14-9-27-61(67)62-28-10-15-34-68(62)74)75(57-43-38-51(39-44-57)53-42-47-64-63-29-11-16-35-69(63)77(72(64)49-53)56-24-6-3-7-25-56)58-45-40-52(41-46-58)60-31-19-37-71-73(60)65-30-12-17-36-70(65)76(71)55-22-4-2-5-23-55/h2-7,9-12,14-47,49H,1,8,13,48H2/b20-18-,59-26+. The fourth-order valence-corrected chi connectivity index (χ4v) is 13.3. The van der Waals surface area contributed by atoms with E-state index in [0.29, 0.717) is 0 Å². The molecule has 3 nitrogen and oxygen atoms in total. The fraction of sp³-hybridized carbons (Fsp3) is 0.0541. The second-order valence-corrected chi connectivity index (χ2v) is 20.7. The van der Waals surface area contributed by atoms with Crippen LogP contribution in [0, 0.1) is 0 Å². The molecule has 10 aromatic carbocycles. The fourth-order valence-electron chi connectivity index (χ4n) is 13.3. The van der Waals surface area contributed by atoms with E-state index >= 15 is 0 Å². The number of hydrogen-bond acceptors (Lipinski definition) is 1. The number of nitrogens with zero attached hydrogens (tertiary/aromatic N) is 3. The lowest BCUT2D eigenvalue weighted by Crippen LogP contribution is -2.31. The van der Waals surface area contributed by atoms with Gasteiger partial charge < -0.3 is 14.0 Å². The highest BCUT2D eigenvalue weighted by atomic mass is 15.1. The molecule has 0 radical (unpaired) electrons. The summed E-state index contributed by atoms with van der Waals surface area (Å²) in [5.74, 6) is 0. The van der Waals surface area contributed by atoms with Crippen LogP contribution in [-0.2, 0) is 5.41 Å². The number of anilines is 2. The van der Waals surface area contributed by atoms with E-state index in [1.54, 1.807) is 0 Å². The average Bonchev–Trinajstić information content (AvgIpc) is 4.26. The first-order valence-electron chi connectivity index (χ1n) is 27.0. The largest absolute Gasteiger partial charge is 0.314 e. The molecule has 0 N–H and O–H groups in total. The molecule has 1 spiro atoms. The van der Waals surface area contributed by atoms with Gasteiger partial charge in [0.05, 0.1) is 27.5 Å². The van der Waals surface area contributed by atoms with Crippen LogP contribution in [0.1, 0.15) is 30.4 Å². The van der Waals surface area contributed by atoms with Crippen LogP contribution < -0.4 is 4.90 Å². The van der Waals surface area contributed by atoms with Gasteiger partial charge in [-0.1, -0.05) is 201 Å². The Bertz CT molecular complexity index is 4420.